The van der Waals surface area contributed by atoms with Gasteiger partial charge >= 0.3 is 0 Å². The number of pyridine rings is 1. The van der Waals surface area contributed by atoms with Crippen LogP contribution in [0.4, 0.5) is 5.82 Å². The molecule has 1 atom stereocenters. The minimum Gasteiger partial charge on any atom is -0.389 e. The number of anilines is 1. The number of nitrogens with zero attached hydrogens (tertiary/aromatic N) is 2. The molecule has 0 saturated carbocycles. The largest absolute Gasteiger partial charge is 0.389 e. The quantitative estimate of drug-likeness (QED) is 0.748. The Balaban J connectivity index is 3.01. The molecule has 0 saturated heterocycles. The van der Waals surface area contributed by atoms with Crippen LogP contribution in [0.25, 0.3) is 0 Å². The molecule has 0 spiro atoms. The van der Waals surface area contributed by atoms with Crippen molar-refractivity contribution < 1.29 is 5.11 Å². The summed E-state index contributed by atoms with van der Waals surface area (Å²) in [7, 11) is 0. The molecule has 1 rings (SSSR count). The smallest absolute Gasteiger partial charge is 0.134 e. The normalized spacial score (nSPS) is 12.2. The van der Waals surface area contributed by atoms with Crippen LogP contribution in [0.5, 0.6) is 0 Å². The van der Waals surface area contributed by atoms with Gasteiger partial charge in [0.05, 0.1) is 6.10 Å². The summed E-state index contributed by atoms with van der Waals surface area (Å²) < 4.78 is 0. The van der Waals surface area contributed by atoms with Crippen LogP contribution in [0.1, 0.15) is 31.9 Å². The Labute approximate surface area is 97.4 Å². The molecular formula is C13H20N2O. The fraction of sp³-hybridized carbons (Fsp3) is 0.462. The van der Waals surface area contributed by atoms with Gasteiger partial charge in [0.1, 0.15) is 5.82 Å². The summed E-state index contributed by atoms with van der Waals surface area (Å²) in [5, 5.41) is 9.70. The van der Waals surface area contributed by atoms with Gasteiger partial charge in [-0.25, -0.2) is 4.98 Å². The van der Waals surface area contributed by atoms with E-state index < -0.39 is 6.10 Å². The first-order valence-corrected chi connectivity index (χ1v) is 5.69. The molecule has 0 amide bonds. The van der Waals surface area contributed by atoms with Crippen molar-refractivity contribution in [3.63, 3.8) is 0 Å². The molecule has 88 valence electrons. The average molecular weight is 220 g/mol. The topological polar surface area (TPSA) is 36.4 Å². The monoisotopic (exact) mass is 220 g/mol. The number of hydrogen-bond acceptors (Lipinski definition) is 3. The van der Waals surface area contributed by atoms with E-state index in [1.807, 2.05) is 18.2 Å². The second-order valence-corrected chi connectivity index (χ2v) is 3.83. The van der Waals surface area contributed by atoms with Gasteiger partial charge in [0.15, 0.2) is 0 Å². The van der Waals surface area contributed by atoms with Crippen molar-refractivity contribution in [3.8, 4) is 0 Å². The summed E-state index contributed by atoms with van der Waals surface area (Å²) >= 11 is 0. The van der Waals surface area contributed by atoms with E-state index in [1.54, 1.807) is 13.1 Å². The second kappa shape index (κ2) is 6.28. The van der Waals surface area contributed by atoms with Crippen molar-refractivity contribution in [2.24, 2.45) is 0 Å². The Morgan fingerprint density at radius 3 is 2.94 bits per heavy atom. The molecule has 0 aromatic carbocycles. The lowest BCUT2D eigenvalue weighted by molar-refractivity contribution is 0.199. The van der Waals surface area contributed by atoms with Crippen molar-refractivity contribution in [1.29, 1.82) is 0 Å². The van der Waals surface area contributed by atoms with Gasteiger partial charge in [-0.3, -0.25) is 0 Å². The van der Waals surface area contributed by atoms with Crippen molar-refractivity contribution in [2.75, 3.05) is 18.0 Å². The van der Waals surface area contributed by atoms with Crippen LogP contribution < -0.4 is 4.90 Å². The van der Waals surface area contributed by atoms with E-state index in [2.05, 4.69) is 23.4 Å². The molecule has 1 aromatic heterocycles. The van der Waals surface area contributed by atoms with Gasteiger partial charge in [-0.05, 0) is 19.4 Å². The molecule has 0 fully saturated rings. The second-order valence-electron chi connectivity index (χ2n) is 3.83. The number of hydrogen-bond donors (Lipinski definition) is 1. The van der Waals surface area contributed by atoms with E-state index in [4.69, 9.17) is 0 Å². The minimum atomic E-state index is -0.493. The predicted molar refractivity (Wildman–Crippen MR) is 67.6 cm³/mol. The number of aromatic nitrogens is 1. The first kappa shape index (κ1) is 12.7. The highest BCUT2D eigenvalue weighted by Gasteiger charge is 2.13. The maximum absolute atomic E-state index is 9.70. The summed E-state index contributed by atoms with van der Waals surface area (Å²) in [5.41, 5.74) is 0.873. The molecule has 0 aliphatic rings. The number of rotatable bonds is 6. The maximum atomic E-state index is 9.70. The predicted octanol–water partition coefficient (Wildman–Crippen LogP) is 2.54. The van der Waals surface area contributed by atoms with E-state index in [-0.39, 0.29) is 0 Å². The maximum Gasteiger partial charge on any atom is 0.134 e. The zero-order valence-corrected chi connectivity index (χ0v) is 10.1. The molecule has 1 N–H and O–H groups in total. The average Bonchev–Trinajstić information content (AvgIpc) is 2.29. The molecule has 0 unspecified atom stereocenters. The molecule has 1 aromatic rings. The van der Waals surface area contributed by atoms with Gasteiger partial charge in [-0.15, -0.1) is 6.58 Å². The third-order valence-electron chi connectivity index (χ3n) is 2.41. The van der Waals surface area contributed by atoms with E-state index in [9.17, 15) is 5.11 Å². The van der Waals surface area contributed by atoms with Crippen LogP contribution in [-0.2, 0) is 0 Å². The van der Waals surface area contributed by atoms with Crippen molar-refractivity contribution in [2.45, 2.75) is 26.4 Å². The third kappa shape index (κ3) is 3.07. The minimum absolute atomic E-state index is 0.493. The summed E-state index contributed by atoms with van der Waals surface area (Å²) in [6.45, 7) is 9.31. The van der Waals surface area contributed by atoms with Crippen molar-refractivity contribution in [1.82, 2.24) is 4.98 Å². The van der Waals surface area contributed by atoms with Gasteiger partial charge in [0, 0.05) is 24.8 Å². The van der Waals surface area contributed by atoms with Gasteiger partial charge in [-0.2, -0.15) is 0 Å². The highest BCUT2D eigenvalue weighted by molar-refractivity contribution is 5.48. The van der Waals surface area contributed by atoms with Crippen LogP contribution >= 0.6 is 0 Å². The first-order valence-electron chi connectivity index (χ1n) is 5.69. The zero-order chi connectivity index (χ0) is 12.0. The van der Waals surface area contributed by atoms with Gasteiger partial charge in [-0.1, -0.05) is 19.1 Å². The van der Waals surface area contributed by atoms with Crippen LogP contribution in [-0.4, -0.2) is 23.2 Å². The van der Waals surface area contributed by atoms with Crippen LogP contribution in [0, 0.1) is 0 Å². The Kier molecular flexibility index (Phi) is 4.99. The highest BCUT2D eigenvalue weighted by Crippen LogP contribution is 2.23. The standard InChI is InChI=1S/C13H20N2O/c1-4-9-15(10-5-2)13-12(11(3)16)7-6-8-14-13/h4,6-8,11,16H,1,5,9-10H2,2-3H3/t11-/m1/s1. The number of aliphatic hydroxyl groups excluding tert-OH is 1. The van der Waals surface area contributed by atoms with Crippen LogP contribution in [0.15, 0.2) is 31.0 Å². The molecule has 3 heteroatoms. The Bertz CT molecular complexity index is 336. The van der Waals surface area contributed by atoms with Gasteiger partial charge < -0.3 is 10.0 Å². The summed E-state index contributed by atoms with van der Waals surface area (Å²) in [4.78, 5) is 6.49. The highest BCUT2D eigenvalue weighted by atomic mass is 16.3. The van der Waals surface area contributed by atoms with Gasteiger partial charge in [0.25, 0.3) is 0 Å². The first-order chi connectivity index (χ1) is 7.70. The SMILES string of the molecule is C=CCN(CCC)c1ncccc1[C@@H](C)O. The molecule has 0 aliphatic carbocycles. The van der Waals surface area contributed by atoms with Crippen LogP contribution in [0.2, 0.25) is 0 Å². The third-order valence-corrected chi connectivity index (χ3v) is 2.41. The van der Waals surface area contributed by atoms with E-state index in [0.717, 1.165) is 30.9 Å². The van der Waals surface area contributed by atoms with Crippen molar-refractivity contribution >= 4 is 5.82 Å². The molecular weight excluding hydrogens is 200 g/mol. The summed E-state index contributed by atoms with van der Waals surface area (Å²) in [6.07, 6.45) is 4.17. The lowest BCUT2D eigenvalue weighted by atomic mass is 10.1. The molecule has 0 aliphatic heterocycles. The Morgan fingerprint density at radius 2 is 2.38 bits per heavy atom. The van der Waals surface area contributed by atoms with E-state index in [0.29, 0.717) is 0 Å². The number of aliphatic hydroxyl groups is 1. The fourth-order valence-electron chi connectivity index (χ4n) is 1.71. The Morgan fingerprint density at radius 1 is 1.62 bits per heavy atom. The fourth-order valence-corrected chi connectivity index (χ4v) is 1.71. The molecule has 16 heavy (non-hydrogen) atoms. The van der Waals surface area contributed by atoms with Gasteiger partial charge in [0.2, 0.25) is 0 Å². The van der Waals surface area contributed by atoms with E-state index in [1.165, 1.54) is 0 Å². The summed E-state index contributed by atoms with van der Waals surface area (Å²) in [6, 6.07) is 3.77. The Hall–Kier alpha value is -1.35. The lowest BCUT2D eigenvalue weighted by Gasteiger charge is -2.24. The lowest BCUT2D eigenvalue weighted by Crippen LogP contribution is -2.26. The summed E-state index contributed by atoms with van der Waals surface area (Å²) in [5.74, 6) is 0.860. The zero-order valence-electron chi connectivity index (χ0n) is 10.1. The molecule has 1 heterocycles. The van der Waals surface area contributed by atoms with Crippen LogP contribution in [0.3, 0.4) is 0 Å². The molecule has 3 nitrogen and oxygen atoms in total. The molecule has 0 radical (unpaired) electrons. The molecule has 0 bridgehead atoms. The van der Waals surface area contributed by atoms with Crippen molar-refractivity contribution in [3.05, 3.63) is 36.5 Å². The van der Waals surface area contributed by atoms with E-state index >= 15 is 0 Å².